The molecule has 254 valence electrons. The van der Waals surface area contributed by atoms with Crippen molar-refractivity contribution in [2.45, 2.75) is 75.9 Å². The van der Waals surface area contributed by atoms with Crippen LogP contribution in [-0.2, 0) is 35.2 Å². The predicted molar refractivity (Wildman–Crippen MR) is 166 cm³/mol. The molecule has 17 nitrogen and oxygen atoms in total. The lowest BCUT2D eigenvalue weighted by atomic mass is 10.1. The van der Waals surface area contributed by atoms with Crippen molar-refractivity contribution in [3.63, 3.8) is 0 Å². The number of carbonyl (C=O) groups excluding carboxylic acids is 5. The third-order valence-corrected chi connectivity index (χ3v) is 7.02. The fourth-order valence-corrected chi connectivity index (χ4v) is 4.49. The maximum absolute atomic E-state index is 12.9. The topological polar surface area (TPSA) is 291 Å². The van der Waals surface area contributed by atoms with Gasteiger partial charge in [0.2, 0.25) is 29.5 Å². The number of aromatic nitrogens is 1. The Kier molecular flexibility index (Phi) is 15.0. The Morgan fingerprint density at radius 2 is 1.43 bits per heavy atom. The van der Waals surface area contributed by atoms with Gasteiger partial charge in [0.25, 0.3) is 0 Å². The van der Waals surface area contributed by atoms with Crippen molar-refractivity contribution in [2.24, 2.45) is 11.5 Å². The second kappa shape index (κ2) is 18.4. The highest BCUT2D eigenvalue weighted by atomic mass is 16.4. The average molecular weight is 649 g/mol. The number of benzene rings is 1. The Hall–Kier alpha value is -4.58. The van der Waals surface area contributed by atoms with Gasteiger partial charge in [-0.15, -0.1) is 0 Å². The first-order valence-corrected chi connectivity index (χ1v) is 14.8. The summed E-state index contributed by atoms with van der Waals surface area (Å²) in [4.78, 5) is 77.5. The summed E-state index contributed by atoms with van der Waals surface area (Å²) < 4.78 is 0. The molecule has 2 rings (SSSR count). The minimum absolute atomic E-state index is 0.166. The number of hydrogen-bond donors (Lipinski definition) is 11. The molecule has 0 aliphatic heterocycles. The Morgan fingerprint density at radius 3 is 2.04 bits per heavy atom. The summed E-state index contributed by atoms with van der Waals surface area (Å²) in [6.45, 7) is 1.55. The Morgan fingerprint density at radius 1 is 0.826 bits per heavy atom. The van der Waals surface area contributed by atoms with Gasteiger partial charge < -0.3 is 58.4 Å². The van der Waals surface area contributed by atoms with Crippen molar-refractivity contribution < 1.29 is 44.1 Å². The fourth-order valence-electron chi connectivity index (χ4n) is 4.49. The molecular weight excluding hydrogens is 604 g/mol. The number of nitrogens with two attached hydrogens (primary N) is 2. The number of hydrogen-bond acceptors (Lipinski definition) is 10. The highest BCUT2D eigenvalue weighted by Gasteiger charge is 2.32. The molecule has 13 N–H and O–H groups in total. The second-order valence-corrected chi connectivity index (χ2v) is 10.9. The van der Waals surface area contributed by atoms with Gasteiger partial charge in [0.15, 0.2) is 6.04 Å². The van der Waals surface area contributed by atoms with Gasteiger partial charge in [-0.1, -0.05) is 18.2 Å². The zero-order valence-electron chi connectivity index (χ0n) is 25.7. The van der Waals surface area contributed by atoms with E-state index in [0.29, 0.717) is 19.4 Å². The molecule has 6 atom stereocenters. The first-order valence-electron chi connectivity index (χ1n) is 14.8. The summed E-state index contributed by atoms with van der Waals surface area (Å²) in [5.74, 6) is -5.48. The van der Waals surface area contributed by atoms with Crippen LogP contribution in [0.2, 0.25) is 0 Å². The quantitative estimate of drug-likeness (QED) is 0.0671. The third-order valence-electron chi connectivity index (χ3n) is 7.02. The van der Waals surface area contributed by atoms with Crippen LogP contribution in [0.3, 0.4) is 0 Å². The van der Waals surface area contributed by atoms with Crippen molar-refractivity contribution in [3.05, 3.63) is 36.0 Å². The summed E-state index contributed by atoms with van der Waals surface area (Å²) in [6, 6.07) is 2.21. The fraction of sp³-hybridized carbons (Fsp3) is 0.517. The largest absolute Gasteiger partial charge is 0.480 e. The molecule has 5 amide bonds. The van der Waals surface area contributed by atoms with E-state index in [1.165, 1.54) is 6.92 Å². The zero-order chi connectivity index (χ0) is 34.4. The number of aromatic amines is 1. The van der Waals surface area contributed by atoms with Crippen molar-refractivity contribution in [1.82, 2.24) is 31.6 Å². The van der Waals surface area contributed by atoms with Crippen LogP contribution in [0.25, 0.3) is 10.9 Å². The first-order chi connectivity index (χ1) is 21.7. The van der Waals surface area contributed by atoms with Gasteiger partial charge in [0.05, 0.1) is 31.3 Å². The molecule has 1 aromatic heterocycles. The van der Waals surface area contributed by atoms with Gasteiger partial charge >= 0.3 is 5.97 Å². The Labute approximate surface area is 265 Å². The van der Waals surface area contributed by atoms with Gasteiger partial charge in [0.1, 0.15) is 12.1 Å². The highest BCUT2D eigenvalue weighted by molar-refractivity contribution is 5.94. The van der Waals surface area contributed by atoms with Crippen LogP contribution in [0.5, 0.6) is 0 Å². The van der Waals surface area contributed by atoms with Crippen LogP contribution in [-0.4, -0.2) is 112 Å². The minimum atomic E-state index is -1.69. The summed E-state index contributed by atoms with van der Waals surface area (Å²) in [5, 5.41) is 41.2. The average Bonchev–Trinajstić information content (AvgIpc) is 3.41. The number of aliphatic hydroxyl groups excluding tert-OH is 2. The van der Waals surface area contributed by atoms with Crippen LogP contribution < -0.4 is 38.1 Å². The monoisotopic (exact) mass is 648 g/mol. The summed E-state index contributed by atoms with van der Waals surface area (Å²) >= 11 is 0. The lowest BCUT2D eigenvalue weighted by Crippen LogP contribution is -2.59. The molecule has 0 saturated heterocycles. The lowest BCUT2D eigenvalue weighted by Gasteiger charge is -2.24. The Balaban J connectivity index is 1.91. The van der Waals surface area contributed by atoms with E-state index in [0.717, 1.165) is 23.4 Å². The van der Waals surface area contributed by atoms with E-state index in [4.69, 9.17) is 16.6 Å². The maximum atomic E-state index is 12.9. The van der Waals surface area contributed by atoms with E-state index >= 15 is 0 Å². The summed E-state index contributed by atoms with van der Waals surface area (Å²) in [6.07, 6.45) is 0.239. The Bertz CT molecular complexity index is 1360. The number of nitrogens with one attached hydrogen (secondary N) is 6. The van der Waals surface area contributed by atoms with Crippen LogP contribution in [0, 0.1) is 0 Å². The molecular formula is C29H44N8O9. The number of unbranched alkanes of at least 4 members (excludes halogenated alkanes) is 1. The number of aliphatic hydroxyl groups is 2. The van der Waals surface area contributed by atoms with Crippen LogP contribution >= 0.6 is 0 Å². The standard InChI is InChI=1S/C29H44N8O9/c1-15(38)24(28(44)37-25(16(2)39)29(45)46)36-23(41)14-34-27(43)21(9-5-6-10-30)35-22(40)13-33-26(42)19(31)11-17-12-32-20-8-4-3-7-18(17)20/h3-4,7-8,12,15-16,19,21,24-25,32,38-39H,5-6,9-11,13-14,30-31H2,1-2H3,(H,33,42)(H,34,43)(H,35,40)(H,36,41)(H,37,44)(H,45,46)/t15-,16-,19+,21+,24+,25+/m1/s1. The third kappa shape index (κ3) is 11.7. The lowest BCUT2D eigenvalue weighted by molar-refractivity contribution is -0.145. The normalized spacial score (nSPS) is 15.0. The molecule has 0 fully saturated rings. The SMILES string of the molecule is C[C@@H](O)[C@H](NC(=O)[C@@H](NC(=O)CNC(=O)[C@H](CCCCN)NC(=O)CNC(=O)[C@@H](N)Cc1c[nH]c2ccccc12)[C@@H](C)O)C(=O)O. The van der Waals surface area contributed by atoms with Crippen LogP contribution in [0.4, 0.5) is 0 Å². The number of rotatable bonds is 19. The molecule has 1 aromatic carbocycles. The molecule has 0 saturated carbocycles. The van der Waals surface area contributed by atoms with Gasteiger partial charge in [-0.3, -0.25) is 24.0 Å². The molecule has 46 heavy (non-hydrogen) atoms. The van der Waals surface area contributed by atoms with E-state index in [9.17, 15) is 39.0 Å². The first kappa shape index (κ1) is 37.6. The molecule has 1 heterocycles. The van der Waals surface area contributed by atoms with Gasteiger partial charge in [-0.2, -0.15) is 0 Å². The van der Waals surface area contributed by atoms with E-state index in [1.54, 1.807) is 6.20 Å². The zero-order valence-corrected chi connectivity index (χ0v) is 25.7. The van der Waals surface area contributed by atoms with Gasteiger partial charge in [-0.25, -0.2) is 4.79 Å². The molecule has 0 unspecified atom stereocenters. The number of para-hydroxylation sites is 1. The smallest absolute Gasteiger partial charge is 0.328 e. The number of carboxylic acid groups (broad SMARTS) is 1. The molecule has 2 aromatic rings. The van der Waals surface area contributed by atoms with E-state index < -0.39 is 85.0 Å². The van der Waals surface area contributed by atoms with Crippen molar-refractivity contribution in [1.29, 1.82) is 0 Å². The van der Waals surface area contributed by atoms with Crippen LogP contribution in [0.1, 0.15) is 38.7 Å². The van der Waals surface area contributed by atoms with Crippen molar-refractivity contribution in [3.8, 4) is 0 Å². The number of fused-ring (bicyclic) bond motifs is 1. The number of amides is 5. The summed E-state index contributed by atoms with van der Waals surface area (Å²) in [7, 11) is 0. The molecule has 0 aliphatic rings. The van der Waals surface area contributed by atoms with Gasteiger partial charge in [0, 0.05) is 17.1 Å². The number of H-pyrrole nitrogens is 1. The van der Waals surface area contributed by atoms with E-state index in [2.05, 4.69) is 26.3 Å². The number of aliphatic carboxylic acids is 1. The molecule has 0 radical (unpaired) electrons. The minimum Gasteiger partial charge on any atom is -0.480 e. The highest BCUT2D eigenvalue weighted by Crippen LogP contribution is 2.18. The predicted octanol–water partition coefficient (Wildman–Crippen LogP) is -3.30. The molecule has 0 aliphatic carbocycles. The number of carbonyl (C=O) groups is 6. The van der Waals surface area contributed by atoms with Crippen molar-refractivity contribution >= 4 is 46.4 Å². The van der Waals surface area contributed by atoms with Crippen LogP contribution in [0.15, 0.2) is 30.5 Å². The number of carboxylic acids is 1. The molecule has 17 heteroatoms. The summed E-state index contributed by atoms with van der Waals surface area (Å²) in [5.41, 5.74) is 13.3. The molecule has 0 bridgehead atoms. The van der Waals surface area contributed by atoms with Crippen molar-refractivity contribution in [2.75, 3.05) is 19.6 Å². The van der Waals surface area contributed by atoms with E-state index in [1.807, 2.05) is 29.6 Å². The van der Waals surface area contributed by atoms with E-state index in [-0.39, 0.29) is 12.8 Å². The second-order valence-electron chi connectivity index (χ2n) is 10.9. The molecule has 0 spiro atoms. The van der Waals surface area contributed by atoms with Gasteiger partial charge in [-0.05, 0) is 57.7 Å². The maximum Gasteiger partial charge on any atom is 0.328 e.